The Morgan fingerprint density at radius 2 is 1.96 bits per heavy atom. The summed E-state index contributed by atoms with van der Waals surface area (Å²) in [7, 11) is 2.20. The molecule has 1 aliphatic heterocycles. The van der Waals surface area contributed by atoms with Gasteiger partial charge in [0.15, 0.2) is 5.82 Å². The van der Waals surface area contributed by atoms with Crippen molar-refractivity contribution in [3.05, 3.63) is 54.2 Å². The zero-order valence-corrected chi connectivity index (χ0v) is 16.5. The lowest BCUT2D eigenvalue weighted by Crippen LogP contribution is -2.49. The quantitative estimate of drug-likeness (QED) is 0.842. The summed E-state index contributed by atoms with van der Waals surface area (Å²) >= 11 is 0. The van der Waals surface area contributed by atoms with E-state index in [-0.39, 0.29) is 0 Å². The van der Waals surface area contributed by atoms with Crippen LogP contribution in [0.4, 0.5) is 11.5 Å². The molecule has 0 amide bonds. The Balaban J connectivity index is 1.66. The van der Waals surface area contributed by atoms with Crippen LogP contribution >= 0.6 is 0 Å². The first kappa shape index (κ1) is 18.7. The summed E-state index contributed by atoms with van der Waals surface area (Å²) in [4.78, 5) is 9.64. The molecule has 3 rings (SSSR count). The molecule has 2 unspecified atom stereocenters. The number of nitrogens with zero attached hydrogens (tertiary/aromatic N) is 3. The molecule has 0 radical (unpaired) electrons. The van der Waals surface area contributed by atoms with Crippen molar-refractivity contribution < 1.29 is 0 Å². The first-order chi connectivity index (χ1) is 12.5. The second kappa shape index (κ2) is 8.54. The van der Waals surface area contributed by atoms with Crippen molar-refractivity contribution in [2.24, 2.45) is 5.92 Å². The van der Waals surface area contributed by atoms with Crippen LogP contribution in [-0.2, 0) is 6.54 Å². The van der Waals surface area contributed by atoms with E-state index in [0.29, 0.717) is 18.0 Å². The largest absolute Gasteiger partial charge is 0.380 e. The highest BCUT2D eigenvalue weighted by atomic mass is 15.2. The highest BCUT2D eigenvalue weighted by molar-refractivity contribution is 5.65. The Morgan fingerprint density at radius 3 is 2.65 bits per heavy atom. The van der Waals surface area contributed by atoms with Gasteiger partial charge in [-0.3, -0.25) is 4.90 Å². The summed E-state index contributed by atoms with van der Waals surface area (Å²) in [6, 6.07) is 15.8. The van der Waals surface area contributed by atoms with Crippen LogP contribution in [0.3, 0.4) is 0 Å². The summed E-state index contributed by atoms with van der Waals surface area (Å²) < 4.78 is 0. The maximum absolute atomic E-state index is 4.68. The predicted molar refractivity (Wildman–Crippen MR) is 111 cm³/mol. The minimum Gasteiger partial charge on any atom is -0.380 e. The van der Waals surface area contributed by atoms with E-state index in [1.165, 1.54) is 12.0 Å². The van der Waals surface area contributed by atoms with Crippen molar-refractivity contribution in [3.63, 3.8) is 0 Å². The lowest BCUT2D eigenvalue weighted by atomic mass is 9.92. The number of pyridine rings is 1. The molecule has 0 spiro atoms. The van der Waals surface area contributed by atoms with Gasteiger partial charge >= 0.3 is 0 Å². The number of piperidine rings is 1. The van der Waals surface area contributed by atoms with Gasteiger partial charge in [0.2, 0.25) is 0 Å². The molecule has 1 aliphatic rings. The average molecular weight is 353 g/mol. The van der Waals surface area contributed by atoms with Gasteiger partial charge in [-0.25, -0.2) is 4.98 Å². The molecule has 2 atom stereocenters. The third-order valence-electron chi connectivity index (χ3n) is 5.26. The highest BCUT2D eigenvalue weighted by Crippen LogP contribution is 2.30. The molecule has 0 aliphatic carbocycles. The lowest BCUT2D eigenvalue weighted by Gasteiger charge is -2.42. The van der Waals surface area contributed by atoms with Gasteiger partial charge in [-0.1, -0.05) is 37.3 Å². The topological polar surface area (TPSA) is 31.4 Å². The van der Waals surface area contributed by atoms with Crippen molar-refractivity contribution in [3.8, 4) is 0 Å². The monoisotopic (exact) mass is 352 g/mol. The van der Waals surface area contributed by atoms with Crippen LogP contribution in [0, 0.1) is 5.92 Å². The van der Waals surface area contributed by atoms with Gasteiger partial charge in [0.1, 0.15) is 0 Å². The molecule has 0 saturated carbocycles. The maximum Gasteiger partial charge on any atom is 0.151 e. The average Bonchev–Trinajstić information content (AvgIpc) is 2.62. The number of rotatable bonds is 6. The number of likely N-dealkylation sites (tertiary alicyclic amines) is 1. The minimum atomic E-state index is 0.400. The molecule has 1 N–H and O–H groups in total. The van der Waals surface area contributed by atoms with E-state index in [0.717, 1.165) is 31.1 Å². The summed E-state index contributed by atoms with van der Waals surface area (Å²) in [5.41, 5.74) is 2.53. The van der Waals surface area contributed by atoms with Crippen molar-refractivity contribution in [1.29, 1.82) is 0 Å². The maximum atomic E-state index is 4.68. The molecule has 1 aromatic heterocycles. The Hall–Kier alpha value is -2.07. The van der Waals surface area contributed by atoms with Gasteiger partial charge in [0, 0.05) is 45.0 Å². The molecular weight excluding hydrogens is 320 g/mol. The summed E-state index contributed by atoms with van der Waals surface area (Å²) in [6.07, 6.45) is 3.06. The van der Waals surface area contributed by atoms with Gasteiger partial charge in [0.05, 0.1) is 5.69 Å². The van der Waals surface area contributed by atoms with Crippen LogP contribution in [0.2, 0.25) is 0 Å². The van der Waals surface area contributed by atoms with Gasteiger partial charge in [-0.2, -0.15) is 0 Å². The molecule has 2 heterocycles. The van der Waals surface area contributed by atoms with Crippen LogP contribution in [0.15, 0.2) is 48.7 Å². The van der Waals surface area contributed by atoms with Crippen LogP contribution in [0.1, 0.15) is 32.8 Å². The van der Waals surface area contributed by atoms with Gasteiger partial charge in [-0.15, -0.1) is 0 Å². The molecule has 1 fully saturated rings. The lowest BCUT2D eigenvalue weighted by molar-refractivity contribution is 0.155. The van der Waals surface area contributed by atoms with E-state index >= 15 is 0 Å². The van der Waals surface area contributed by atoms with E-state index in [4.69, 9.17) is 0 Å². The number of anilines is 2. The Morgan fingerprint density at radius 1 is 1.19 bits per heavy atom. The second-order valence-electron chi connectivity index (χ2n) is 7.84. The van der Waals surface area contributed by atoms with Crippen LogP contribution in [0.25, 0.3) is 0 Å². The fourth-order valence-corrected chi connectivity index (χ4v) is 4.04. The normalized spacial score (nSPS) is 21.0. The molecule has 4 nitrogen and oxygen atoms in total. The molecule has 1 aromatic carbocycles. The summed E-state index contributed by atoms with van der Waals surface area (Å²) in [6.45, 7) is 10.0. The van der Waals surface area contributed by atoms with Crippen molar-refractivity contribution in [1.82, 2.24) is 9.88 Å². The number of aromatic nitrogens is 1. The standard InChI is InChI=1S/C22H32N4/c1-17(2)24-20-11-8-13-23-22(20)25(4)21-12-14-26(15-18(21)3)16-19-9-6-5-7-10-19/h5-11,13,17-18,21,24H,12,14-16H2,1-4H3. The SMILES string of the molecule is CC(C)Nc1cccnc1N(C)C1CCN(Cc2ccccc2)CC1C. The number of nitrogens with one attached hydrogen (secondary N) is 1. The fraction of sp³-hybridized carbons (Fsp3) is 0.500. The first-order valence-electron chi connectivity index (χ1n) is 9.75. The number of hydrogen-bond donors (Lipinski definition) is 1. The molecule has 140 valence electrons. The molecule has 26 heavy (non-hydrogen) atoms. The summed E-state index contributed by atoms with van der Waals surface area (Å²) in [5.74, 6) is 1.67. The zero-order chi connectivity index (χ0) is 18.5. The van der Waals surface area contributed by atoms with E-state index in [2.05, 4.69) is 84.3 Å². The zero-order valence-electron chi connectivity index (χ0n) is 16.5. The third-order valence-corrected chi connectivity index (χ3v) is 5.26. The number of benzene rings is 1. The van der Waals surface area contributed by atoms with Crippen LogP contribution in [-0.4, -0.2) is 42.1 Å². The molecule has 2 aromatic rings. The van der Waals surface area contributed by atoms with Crippen molar-refractivity contribution in [2.75, 3.05) is 30.4 Å². The highest BCUT2D eigenvalue weighted by Gasteiger charge is 2.30. The van der Waals surface area contributed by atoms with Gasteiger partial charge < -0.3 is 10.2 Å². The van der Waals surface area contributed by atoms with Crippen molar-refractivity contribution in [2.45, 2.75) is 45.8 Å². The smallest absolute Gasteiger partial charge is 0.151 e. The molecule has 1 saturated heterocycles. The Labute approximate surface area is 158 Å². The predicted octanol–water partition coefficient (Wildman–Crippen LogP) is 4.25. The Bertz CT molecular complexity index is 686. The Kier molecular flexibility index (Phi) is 6.15. The van der Waals surface area contributed by atoms with E-state index in [1.807, 2.05) is 12.3 Å². The van der Waals surface area contributed by atoms with E-state index < -0.39 is 0 Å². The van der Waals surface area contributed by atoms with Crippen molar-refractivity contribution >= 4 is 11.5 Å². The molecule has 0 bridgehead atoms. The summed E-state index contributed by atoms with van der Waals surface area (Å²) in [5, 5.41) is 3.54. The molecule has 4 heteroatoms. The number of hydrogen-bond acceptors (Lipinski definition) is 4. The van der Waals surface area contributed by atoms with E-state index in [1.54, 1.807) is 0 Å². The van der Waals surface area contributed by atoms with Gasteiger partial charge in [0.25, 0.3) is 0 Å². The van der Waals surface area contributed by atoms with Gasteiger partial charge in [-0.05, 0) is 43.9 Å². The third kappa shape index (κ3) is 4.55. The van der Waals surface area contributed by atoms with Crippen LogP contribution in [0.5, 0.6) is 0 Å². The fourth-order valence-electron chi connectivity index (χ4n) is 4.04. The van der Waals surface area contributed by atoms with Crippen LogP contribution < -0.4 is 10.2 Å². The second-order valence-corrected chi connectivity index (χ2v) is 7.84. The minimum absolute atomic E-state index is 0.400. The first-order valence-corrected chi connectivity index (χ1v) is 9.75. The molecular formula is C22H32N4. The van der Waals surface area contributed by atoms with E-state index in [9.17, 15) is 0 Å².